The van der Waals surface area contributed by atoms with Crippen LogP contribution < -0.4 is 4.90 Å². The first kappa shape index (κ1) is 18.8. The Bertz CT molecular complexity index is 979. The van der Waals surface area contributed by atoms with E-state index < -0.39 is 11.6 Å². The highest BCUT2D eigenvalue weighted by atomic mass is 32.1. The second kappa shape index (κ2) is 8.21. The van der Waals surface area contributed by atoms with Gasteiger partial charge in [-0.25, -0.2) is 18.7 Å². The number of anilines is 1. The van der Waals surface area contributed by atoms with Crippen LogP contribution in [0.15, 0.2) is 30.7 Å². The number of morpholine rings is 1. The molecule has 0 radical (unpaired) electrons. The van der Waals surface area contributed by atoms with Crippen molar-refractivity contribution in [2.24, 2.45) is 0 Å². The SMILES string of the molecule is O=C(c1cnccn1)N(CCN1CCOCC1)c1nc2c(F)cc(F)cc2s1. The maximum atomic E-state index is 14.1. The van der Waals surface area contributed by atoms with Gasteiger partial charge in [0.05, 0.1) is 24.1 Å². The van der Waals surface area contributed by atoms with Crippen LogP contribution in [-0.2, 0) is 4.74 Å². The average molecular weight is 405 g/mol. The summed E-state index contributed by atoms with van der Waals surface area (Å²) in [5.41, 5.74) is 0.208. The molecule has 0 saturated carbocycles. The molecule has 0 atom stereocenters. The van der Waals surface area contributed by atoms with Crippen LogP contribution in [0.1, 0.15) is 10.5 Å². The number of hydrogen-bond acceptors (Lipinski definition) is 7. The number of nitrogens with zero attached hydrogens (tertiary/aromatic N) is 5. The lowest BCUT2D eigenvalue weighted by Gasteiger charge is -2.29. The van der Waals surface area contributed by atoms with Gasteiger partial charge in [0.25, 0.3) is 5.91 Å². The van der Waals surface area contributed by atoms with E-state index in [9.17, 15) is 13.6 Å². The summed E-state index contributed by atoms with van der Waals surface area (Å²) in [6.45, 7) is 3.76. The summed E-state index contributed by atoms with van der Waals surface area (Å²) in [7, 11) is 0. The second-order valence-electron chi connectivity index (χ2n) is 6.23. The van der Waals surface area contributed by atoms with E-state index in [2.05, 4.69) is 19.9 Å². The maximum absolute atomic E-state index is 14.1. The zero-order valence-electron chi connectivity index (χ0n) is 14.8. The lowest BCUT2D eigenvalue weighted by atomic mass is 10.3. The first-order chi connectivity index (χ1) is 13.6. The molecule has 7 nitrogen and oxygen atoms in total. The average Bonchev–Trinajstić information content (AvgIpc) is 3.13. The van der Waals surface area contributed by atoms with Crippen LogP contribution in [0.4, 0.5) is 13.9 Å². The van der Waals surface area contributed by atoms with Gasteiger partial charge in [-0.1, -0.05) is 11.3 Å². The van der Waals surface area contributed by atoms with Crippen molar-refractivity contribution in [3.8, 4) is 0 Å². The highest BCUT2D eigenvalue weighted by molar-refractivity contribution is 7.22. The number of ether oxygens (including phenoxy) is 1. The summed E-state index contributed by atoms with van der Waals surface area (Å²) in [6.07, 6.45) is 4.28. The van der Waals surface area contributed by atoms with Crippen molar-refractivity contribution in [2.75, 3.05) is 44.3 Å². The molecule has 0 bridgehead atoms. The van der Waals surface area contributed by atoms with Crippen LogP contribution in [0.3, 0.4) is 0 Å². The molecule has 146 valence electrons. The van der Waals surface area contributed by atoms with Crippen molar-refractivity contribution in [1.29, 1.82) is 0 Å². The molecule has 1 saturated heterocycles. The monoisotopic (exact) mass is 405 g/mol. The molecule has 1 aromatic carbocycles. The number of carbonyl (C=O) groups is 1. The van der Waals surface area contributed by atoms with E-state index in [1.165, 1.54) is 29.6 Å². The molecule has 10 heteroatoms. The van der Waals surface area contributed by atoms with E-state index in [4.69, 9.17) is 4.74 Å². The molecule has 2 aromatic heterocycles. The normalized spacial score (nSPS) is 15.1. The van der Waals surface area contributed by atoms with Crippen LogP contribution >= 0.6 is 11.3 Å². The van der Waals surface area contributed by atoms with Crippen LogP contribution in [-0.4, -0.2) is 65.2 Å². The van der Waals surface area contributed by atoms with Crippen LogP contribution in [0.2, 0.25) is 0 Å². The van der Waals surface area contributed by atoms with Gasteiger partial charge in [-0.2, -0.15) is 0 Å². The molecule has 1 amide bonds. The van der Waals surface area contributed by atoms with E-state index in [1.54, 1.807) is 0 Å². The molecule has 0 N–H and O–H groups in total. The number of aromatic nitrogens is 3. The largest absolute Gasteiger partial charge is 0.379 e. The Hall–Kier alpha value is -2.56. The zero-order valence-corrected chi connectivity index (χ0v) is 15.7. The van der Waals surface area contributed by atoms with Gasteiger partial charge in [-0.05, 0) is 6.07 Å². The zero-order chi connectivity index (χ0) is 19.5. The molecule has 0 unspecified atom stereocenters. The highest BCUT2D eigenvalue weighted by Gasteiger charge is 2.24. The fraction of sp³-hybridized carbons (Fsp3) is 0.333. The number of rotatable bonds is 5. The Morgan fingerprint density at radius 1 is 1.25 bits per heavy atom. The van der Waals surface area contributed by atoms with Crippen molar-refractivity contribution < 1.29 is 18.3 Å². The molecular weight excluding hydrogens is 388 g/mol. The minimum Gasteiger partial charge on any atom is -0.379 e. The molecule has 4 rings (SSSR count). The van der Waals surface area contributed by atoms with E-state index in [-0.39, 0.29) is 17.1 Å². The van der Waals surface area contributed by atoms with Crippen molar-refractivity contribution in [1.82, 2.24) is 19.9 Å². The Labute approximate surface area is 163 Å². The predicted octanol–water partition coefficient (Wildman–Crippen LogP) is 2.34. The summed E-state index contributed by atoms with van der Waals surface area (Å²) < 4.78 is 33.3. The minimum absolute atomic E-state index is 0.0460. The number of thiazole rings is 1. The number of benzene rings is 1. The molecule has 28 heavy (non-hydrogen) atoms. The minimum atomic E-state index is -0.752. The van der Waals surface area contributed by atoms with Gasteiger partial charge >= 0.3 is 0 Å². The lowest BCUT2D eigenvalue weighted by molar-refractivity contribution is 0.0391. The molecular formula is C18H17F2N5O2S. The Balaban J connectivity index is 1.65. The third-order valence-electron chi connectivity index (χ3n) is 4.40. The van der Waals surface area contributed by atoms with Gasteiger partial charge in [-0.15, -0.1) is 0 Å². The Morgan fingerprint density at radius 2 is 2.07 bits per heavy atom. The van der Waals surface area contributed by atoms with Crippen molar-refractivity contribution in [3.05, 3.63) is 48.1 Å². The van der Waals surface area contributed by atoms with E-state index in [0.717, 1.165) is 30.5 Å². The molecule has 0 spiro atoms. The van der Waals surface area contributed by atoms with Crippen LogP contribution in [0.5, 0.6) is 0 Å². The van der Waals surface area contributed by atoms with Gasteiger partial charge in [0.1, 0.15) is 17.0 Å². The highest BCUT2D eigenvalue weighted by Crippen LogP contribution is 2.31. The third-order valence-corrected chi connectivity index (χ3v) is 5.43. The molecule has 1 fully saturated rings. The van der Waals surface area contributed by atoms with Gasteiger partial charge in [0, 0.05) is 44.6 Å². The summed E-state index contributed by atoms with van der Waals surface area (Å²) in [6, 6.07) is 2.00. The number of halogens is 2. The molecule has 0 aliphatic carbocycles. The second-order valence-corrected chi connectivity index (χ2v) is 7.24. The molecule has 1 aliphatic heterocycles. The van der Waals surface area contributed by atoms with Gasteiger partial charge < -0.3 is 4.74 Å². The maximum Gasteiger partial charge on any atom is 0.280 e. The molecule has 1 aliphatic rings. The molecule has 3 heterocycles. The van der Waals surface area contributed by atoms with Gasteiger partial charge in [-0.3, -0.25) is 19.6 Å². The van der Waals surface area contributed by atoms with Gasteiger partial charge in [0.15, 0.2) is 10.9 Å². The van der Waals surface area contributed by atoms with Crippen LogP contribution in [0.25, 0.3) is 10.2 Å². The number of amides is 1. The first-order valence-electron chi connectivity index (χ1n) is 8.75. The smallest absolute Gasteiger partial charge is 0.280 e. The van der Waals surface area contributed by atoms with E-state index in [1.807, 2.05) is 0 Å². The van der Waals surface area contributed by atoms with Crippen LogP contribution in [0, 0.1) is 11.6 Å². The topological polar surface area (TPSA) is 71.5 Å². The summed E-state index contributed by atoms with van der Waals surface area (Å²) >= 11 is 1.07. The lowest BCUT2D eigenvalue weighted by Crippen LogP contribution is -2.43. The third kappa shape index (κ3) is 3.98. The van der Waals surface area contributed by atoms with Crippen molar-refractivity contribution in [3.63, 3.8) is 0 Å². The summed E-state index contributed by atoms with van der Waals surface area (Å²) in [5.74, 6) is -1.82. The molecule has 3 aromatic rings. The Kier molecular flexibility index (Phi) is 5.51. The van der Waals surface area contributed by atoms with Crippen molar-refractivity contribution >= 4 is 32.6 Å². The Morgan fingerprint density at radius 3 is 2.82 bits per heavy atom. The van der Waals surface area contributed by atoms with E-state index >= 15 is 0 Å². The fourth-order valence-corrected chi connectivity index (χ4v) is 3.99. The number of hydrogen-bond donors (Lipinski definition) is 0. The quantitative estimate of drug-likeness (QED) is 0.649. The first-order valence-corrected chi connectivity index (χ1v) is 9.57. The fourth-order valence-electron chi connectivity index (χ4n) is 2.96. The standard InChI is InChI=1S/C18H17F2N5O2S/c19-12-9-13(20)16-15(10-12)28-18(23-16)25(4-3-24-5-7-27-8-6-24)17(26)14-11-21-1-2-22-14/h1-2,9-11H,3-8H2. The summed E-state index contributed by atoms with van der Waals surface area (Å²) in [4.78, 5) is 28.9. The summed E-state index contributed by atoms with van der Waals surface area (Å²) in [5, 5.41) is 0.295. The van der Waals surface area contributed by atoms with Crippen molar-refractivity contribution in [2.45, 2.75) is 0 Å². The van der Waals surface area contributed by atoms with E-state index in [0.29, 0.717) is 36.1 Å². The van der Waals surface area contributed by atoms with Gasteiger partial charge in [0.2, 0.25) is 0 Å². The number of fused-ring (bicyclic) bond motifs is 1. The number of carbonyl (C=O) groups excluding carboxylic acids is 1. The predicted molar refractivity (Wildman–Crippen MR) is 101 cm³/mol.